The van der Waals surface area contributed by atoms with Crippen LogP contribution in [-0.2, 0) is 10.0 Å². The number of nitrogens with one attached hydrogen (secondary N) is 2. The maximum absolute atomic E-state index is 14.0. The van der Waals surface area contributed by atoms with Gasteiger partial charge in [0.05, 0.1) is 23.2 Å². The number of ether oxygens (including phenoxy) is 1. The van der Waals surface area contributed by atoms with Gasteiger partial charge in [-0.25, -0.2) is 22.2 Å². The molecule has 1 aliphatic rings. The minimum Gasteiger partial charge on any atom is -0.477 e. The van der Waals surface area contributed by atoms with Crippen molar-refractivity contribution >= 4 is 26.6 Å². The fraction of sp³-hybridized carbons (Fsp3) is 0.308. The molecule has 8 nitrogen and oxygen atoms in total. The van der Waals surface area contributed by atoms with Crippen molar-refractivity contribution in [3.8, 4) is 17.1 Å². The van der Waals surface area contributed by atoms with Gasteiger partial charge in [0, 0.05) is 42.0 Å². The third-order valence-electron chi connectivity index (χ3n) is 6.47. The van der Waals surface area contributed by atoms with Crippen LogP contribution in [0.2, 0.25) is 0 Å². The van der Waals surface area contributed by atoms with E-state index in [0.717, 1.165) is 36.3 Å². The Morgan fingerprint density at radius 1 is 1.14 bits per heavy atom. The lowest BCUT2D eigenvalue weighted by molar-refractivity contribution is 0.0369. The van der Waals surface area contributed by atoms with Crippen molar-refractivity contribution in [3.63, 3.8) is 0 Å². The lowest BCUT2D eigenvalue weighted by Crippen LogP contribution is -2.52. The first-order valence-corrected chi connectivity index (χ1v) is 13.4. The molecule has 0 atom stereocenters. The molecule has 194 valence electrons. The smallest absolute Gasteiger partial charge is 0.264 e. The SMILES string of the molecule is Cc1[nH]nc2cc(-c3ccc(NS(=O)(=O)c4cc(F)ccc4F)cc3)nc(OCC3CN(C(C)C)C3)c12. The third kappa shape index (κ3) is 5.14. The molecule has 0 unspecified atom stereocenters. The van der Waals surface area contributed by atoms with Crippen molar-refractivity contribution in [2.24, 2.45) is 5.92 Å². The minimum atomic E-state index is -4.32. The van der Waals surface area contributed by atoms with Crippen molar-refractivity contribution in [1.82, 2.24) is 20.1 Å². The molecule has 0 spiro atoms. The molecule has 2 aromatic heterocycles. The summed E-state index contributed by atoms with van der Waals surface area (Å²) in [5.41, 5.74) is 3.08. The summed E-state index contributed by atoms with van der Waals surface area (Å²) in [4.78, 5) is 6.36. The Morgan fingerprint density at radius 2 is 1.86 bits per heavy atom. The Balaban J connectivity index is 1.36. The van der Waals surface area contributed by atoms with Crippen LogP contribution in [0.1, 0.15) is 19.5 Å². The summed E-state index contributed by atoms with van der Waals surface area (Å²) in [5.74, 6) is -0.957. The largest absolute Gasteiger partial charge is 0.477 e. The highest BCUT2D eigenvalue weighted by atomic mass is 32.2. The number of nitrogens with zero attached hydrogens (tertiary/aromatic N) is 3. The number of rotatable bonds is 8. The monoisotopic (exact) mass is 527 g/mol. The molecule has 1 fully saturated rings. The number of hydrogen-bond donors (Lipinski definition) is 2. The van der Waals surface area contributed by atoms with Crippen LogP contribution in [-0.4, -0.2) is 54.2 Å². The van der Waals surface area contributed by atoms with E-state index in [1.54, 1.807) is 12.1 Å². The predicted octanol–water partition coefficient (Wildman–Crippen LogP) is 4.73. The molecule has 3 heterocycles. The molecular weight excluding hydrogens is 500 g/mol. The van der Waals surface area contributed by atoms with E-state index in [4.69, 9.17) is 9.72 Å². The third-order valence-corrected chi connectivity index (χ3v) is 7.87. The number of aryl methyl sites for hydroxylation is 1. The summed E-state index contributed by atoms with van der Waals surface area (Å²) < 4.78 is 61.1. The molecule has 5 rings (SSSR count). The van der Waals surface area contributed by atoms with Crippen molar-refractivity contribution < 1.29 is 21.9 Å². The molecule has 2 N–H and O–H groups in total. The van der Waals surface area contributed by atoms with Gasteiger partial charge >= 0.3 is 0 Å². The molecule has 0 bridgehead atoms. The zero-order valence-electron chi connectivity index (χ0n) is 20.6. The Bertz CT molecular complexity index is 1550. The van der Waals surface area contributed by atoms with Crippen LogP contribution < -0.4 is 9.46 Å². The van der Waals surface area contributed by atoms with Gasteiger partial charge in [-0.05, 0) is 57.2 Å². The Morgan fingerprint density at radius 3 is 2.57 bits per heavy atom. The van der Waals surface area contributed by atoms with Gasteiger partial charge < -0.3 is 9.64 Å². The average Bonchev–Trinajstić information content (AvgIpc) is 3.20. The van der Waals surface area contributed by atoms with Crippen LogP contribution in [0, 0.1) is 24.5 Å². The van der Waals surface area contributed by atoms with Crippen molar-refractivity contribution in [2.75, 3.05) is 24.4 Å². The van der Waals surface area contributed by atoms with Gasteiger partial charge in [0.25, 0.3) is 10.0 Å². The van der Waals surface area contributed by atoms with E-state index in [0.29, 0.717) is 47.3 Å². The number of aromatic amines is 1. The lowest BCUT2D eigenvalue weighted by Gasteiger charge is -2.41. The molecule has 37 heavy (non-hydrogen) atoms. The van der Waals surface area contributed by atoms with E-state index >= 15 is 0 Å². The van der Waals surface area contributed by atoms with E-state index in [-0.39, 0.29) is 5.69 Å². The molecule has 4 aromatic rings. The molecule has 0 saturated carbocycles. The van der Waals surface area contributed by atoms with Crippen LogP contribution in [0.5, 0.6) is 5.88 Å². The second kappa shape index (κ2) is 9.71. The number of fused-ring (bicyclic) bond motifs is 1. The van der Waals surface area contributed by atoms with Gasteiger partial charge in [-0.1, -0.05) is 12.1 Å². The van der Waals surface area contributed by atoms with E-state index in [1.165, 1.54) is 12.1 Å². The first-order chi connectivity index (χ1) is 17.6. The standard InChI is InChI=1S/C26H27F2N5O3S/c1-15(2)33-12-17(13-33)14-36-26-25-16(3)30-31-23(25)11-22(29-26)18-4-7-20(8-5-18)32-37(34,35)24-10-19(27)6-9-21(24)28/h4-11,15,17,32H,12-14H2,1-3H3,(H,30,31). The second-order valence-corrected chi connectivity index (χ2v) is 11.2. The number of aromatic nitrogens is 3. The first-order valence-electron chi connectivity index (χ1n) is 11.9. The summed E-state index contributed by atoms with van der Waals surface area (Å²) in [6.45, 7) is 8.79. The van der Waals surface area contributed by atoms with Crippen LogP contribution in [0.15, 0.2) is 53.4 Å². The highest BCUT2D eigenvalue weighted by Gasteiger charge is 2.29. The number of H-pyrrole nitrogens is 1. The van der Waals surface area contributed by atoms with Gasteiger partial charge in [0.15, 0.2) is 0 Å². The van der Waals surface area contributed by atoms with Crippen molar-refractivity contribution in [1.29, 1.82) is 0 Å². The highest BCUT2D eigenvalue weighted by Crippen LogP contribution is 2.32. The van der Waals surface area contributed by atoms with E-state index < -0.39 is 26.6 Å². The zero-order chi connectivity index (χ0) is 26.3. The normalized spacial score (nSPS) is 14.8. The summed E-state index contributed by atoms with van der Waals surface area (Å²) >= 11 is 0. The number of halogens is 2. The van der Waals surface area contributed by atoms with E-state index in [1.807, 2.05) is 13.0 Å². The summed E-state index contributed by atoms with van der Waals surface area (Å²) in [5, 5.41) is 8.17. The minimum absolute atomic E-state index is 0.195. The predicted molar refractivity (Wildman–Crippen MR) is 137 cm³/mol. The number of pyridine rings is 1. The van der Waals surface area contributed by atoms with Gasteiger partial charge in [0.1, 0.15) is 16.5 Å². The molecule has 0 amide bonds. The van der Waals surface area contributed by atoms with Gasteiger partial charge in [0.2, 0.25) is 5.88 Å². The second-order valence-electron chi connectivity index (χ2n) is 9.54. The lowest BCUT2D eigenvalue weighted by atomic mass is 9.99. The van der Waals surface area contributed by atoms with Gasteiger partial charge in [-0.15, -0.1) is 0 Å². The maximum Gasteiger partial charge on any atom is 0.264 e. The van der Waals surface area contributed by atoms with Crippen LogP contribution in [0.25, 0.3) is 22.2 Å². The van der Waals surface area contributed by atoms with Crippen molar-refractivity contribution in [3.05, 3.63) is 65.9 Å². The van der Waals surface area contributed by atoms with E-state index in [9.17, 15) is 17.2 Å². The molecule has 11 heteroatoms. The van der Waals surface area contributed by atoms with E-state index in [2.05, 4.69) is 33.7 Å². The molecular formula is C26H27F2N5O3S. The average molecular weight is 528 g/mol. The quantitative estimate of drug-likeness (QED) is 0.344. The summed E-state index contributed by atoms with van der Waals surface area (Å²) in [6, 6.07) is 11.0. The Kier molecular flexibility index (Phi) is 6.59. The molecule has 1 aliphatic heterocycles. The fourth-order valence-electron chi connectivity index (χ4n) is 4.34. The number of hydrogen-bond acceptors (Lipinski definition) is 6. The van der Waals surface area contributed by atoms with Gasteiger partial charge in [-0.2, -0.15) is 5.10 Å². The van der Waals surface area contributed by atoms with Crippen molar-refractivity contribution in [2.45, 2.75) is 31.7 Å². The fourth-order valence-corrected chi connectivity index (χ4v) is 5.49. The molecule has 2 aromatic carbocycles. The maximum atomic E-state index is 14.0. The van der Waals surface area contributed by atoms with Crippen LogP contribution >= 0.6 is 0 Å². The van der Waals surface area contributed by atoms with Crippen LogP contribution in [0.3, 0.4) is 0 Å². The topological polar surface area (TPSA) is 100 Å². The summed E-state index contributed by atoms with van der Waals surface area (Å²) in [6.07, 6.45) is 0. The number of likely N-dealkylation sites (tertiary alicyclic amines) is 1. The molecule has 0 radical (unpaired) electrons. The number of anilines is 1. The Hall–Kier alpha value is -3.57. The summed E-state index contributed by atoms with van der Waals surface area (Å²) in [7, 11) is -4.32. The Labute approximate surface area is 213 Å². The number of benzene rings is 2. The van der Waals surface area contributed by atoms with Crippen LogP contribution in [0.4, 0.5) is 14.5 Å². The first kappa shape index (κ1) is 25.1. The zero-order valence-corrected chi connectivity index (χ0v) is 21.4. The highest BCUT2D eigenvalue weighted by molar-refractivity contribution is 7.92. The number of sulfonamides is 1. The van der Waals surface area contributed by atoms with Gasteiger partial charge in [-0.3, -0.25) is 9.82 Å². The molecule has 0 aliphatic carbocycles. The molecule has 1 saturated heterocycles.